The van der Waals surface area contributed by atoms with Crippen LogP contribution in [0, 0.1) is 0 Å². The molecule has 0 amide bonds. The van der Waals surface area contributed by atoms with E-state index in [9.17, 15) is 0 Å². The zero-order chi connectivity index (χ0) is 40.1. The lowest BCUT2D eigenvalue weighted by Gasteiger charge is -2.25. The molecule has 1 aromatic heterocycles. The van der Waals surface area contributed by atoms with Gasteiger partial charge in [0.05, 0.1) is 11.4 Å². The quantitative estimate of drug-likeness (QED) is 0.146. The molecule has 0 aliphatic heterocycles. The predicted molar refractivity (Wildman–Crippen MR) is 251 cm³/mol. The number of aromatic nitrogens is 2. The summed E-state index contributed by atoms with van der Waals surface area (Å²) in [4.78, 5) is 10.8. The highest BCUT2D eigenvalue weighted by molar-refractivity contribution is 6.08. The Morgan fingerprint density at radius 2 is 0.533 bits per heavy atom. The Kier molecular flexibility index (Phi) is 10.0. The van der Waals surface area contributed by atoms with Gasteiger partial charge in [-0.15, -0.1) is 0 Å². The summed E-state index contributed by atoms with van der Waals surface area (Å²) >= 11 is 0. The van der Waals surface area contributed by atoms with Crippen LogP contribution in [0.5, 0.6) is 0 Å². The van der Waals surface area contributed by atoms with Crippen LogP contribution in [0.4, 0.5) is 0 Å². The van der Waals surface area contributed by atoms with E-state index in [1.165, 1.54) is 16.7 Å². The van der Waals surface area contributed by atoms with Gasteiger partial charge in [-0.1, -0.05) is 231 Å². The fraction of sp³-hybridized carbons (Fsp3) is 0. The van der Waals surface area contributed by atoms with Crippen LogP contribution in [0.2, 0.25) is 0 Å². The molecule has 1 heterocycles. The molecule has 10 aromatic rings. The molecular formula is C58H40N2. The molecule has 2 heteroatoms. The lowest BCUT2D eigenvalue weighted by Crippen LogP contribution is -2.00. The number of benzene rings is 9. The first-order valence-corrected chi connectivity index (χ1v) is 20.4. The summed E-state index contributed by atoms with van der Waals surface area (Å²) in [5, 5.41) is 0. The molecule has 0 unspecified atom stereocenters. The number of hydrogen-bond donors (Lipinski definition) is 0. The molecule has 282 valence electrons. The SMILES string of the molecule is c1ccc(-c2ccc(-c3cc(-c4ccccc4)nc(-c4ccccc4-c4cc(-c5ccccc5)c(-c5ccccc5)c(-c5ccccc5)c4-c4ccccc4)n3)cc2)cc1. The van der Waals surface area contributed by atoms with Crippen molar-refractivity contribution in [3.05, 3.63) is 243 Å². The third kappa shape index (κ3) is 7.23. The van der Waals surface area contributed by atoms with E-state index in [0.717, 1.165) is 78.1 Å². The van der Waals surface area contributed by atoms with Crippen molar-refractivity contribution in [1.29, 1.82) is 0 Å². The van der Waals surface area contributed by atoms with Crippen molar-refractivity contribution in [1.82, 2.24) is 9.97 Å². The topological polar surface area (TPSA) is 25.8 Å². The normalized spacial score (nSPS) is 11.0. The first-order valence-electron chi connectivity index (χ1n) is 20.4. The van der Waals surface area contributed by atoms with Crippen LogP contribution in [-0.4, -0.2) is 9.97 Å². The van der Waals surface area contributed by atoms with Gasteiger partial charge in [-0.2, -0.15) is 0 Å². The minimum absolute atomic E-state index is 0.669. The highest BCUT2D eigenvalue weighted by Gasteiger charge is 2.25. The second-order valence-corrected chi connectivity index (χ2v) is 14.9. The Bertz CT molecular complexity index is 3020. The number of hydrogen-bond acceptors (Lipinski definition) is 2. The molecule has 0 aliphatic rings. The van der Waals surface area contributed by atoms with E-state index in [2.05, 4.69) is 237 Å². The number of rotatable bonds is 9. The van der Waals surface area contributed by atoms with Crippen molar-refractivity contribution < 1.29 is 0 Å². The monoisotopic (exact) mass is 764 g/mol. The molecule has 0 N–H and O–H groups in total. The van der Waals surface area contributed by atoms with Crippen LogP contribution in [0.15, 0.2) is 243 Å². The number of nitrogens with zero attached hydrogens (tertiary/aromatic N) is 2. The molecule has 0 saturated carbocycles. The molecule has 0 bridgehead atoms. The Hall–Kier alpha value is -7.94. The third-order valence-corrected chi connectivity index (χ3v) is 11.1. The average molecular weight is 765 g/mol. The van der Waals surface area contributed by atoms with E-state index in [-0.39, 0.29) is 0 Å². The molecule has 0 radical (unpaired) electrons. The maximum atomic E-state index is 5.41. The molecule has 0 aliphatic carbocycles. The Morgan fingerprint density at radius 3 is 1.03 bits per heavy atom. The molecule has 0 saturated heterocycles. The van der Waals surface area contributed by atoms with E-state index < -0.39 is 0 Å². The van der Waals surface area contributed by atoms with Gasteiger partial charge in [0.2, 0.25) is 0 Å². The zero-order valence-electron chi connectivity index (χ0n) is 33.0. The summed E-state index contributed by atoms with van der Waals surface area (Å²) < 4.78 is 0. The van der Waals surface area contributed by atoms with Crippen molar-refractivity contribution in [3.63, 3.8) is 0 Å². The average Bonchev–Trinajstić information content (AvgIpc) is 3.35. The van der Waals surface area contributed by atoms with Gasteiger partial charge in [-0.3, -0.25) is 0 Å². The minimum Gasteiger partial charge on any atom is -0.228 e. The van der Waals surface area contributed by atoms with E-state index in [1.54, 1.807) is 0 Å². The lowest BCUT2D eigenvalue weighted by molar-refractivity contribution is 1.18. The van der Waals surface area contributed by atoms with Crippen LogP contribution in [0.25, 0.3) is 101 Å². The summed E-state index contributed by atoms with van der Waals surface area (Å²) in [6.07, 6.45) is 0. The summed E-state index contributed by atoms with van der Waals surface area (Å²) in [7, 11) is 0. The fourth-order valence-corrected chi connectivity index (χ4v) is 8.29. The highest BCUT2D eigenvalue weighted by atomic mass is 14.9. The van der Waals surface area contributed by atoms with E-state index in [1.807, 2.05) is 6.07 Å². The molecule has 0 atom stereocenters. The van der Waals surface area contributed by atoms with Crippen LogP contribution >= 0.6 is 0 Å². The van der Waals surface area contributed by atoms with Gasteiger partial charge >= 0.3 is 0 Å². The van der Waals surface area contributed by atoms with Crippen molar-refractivity contribution in [3.8, 4) is 101 Å². The largest absolute Gasteiger partial charge is 0.228 e. The summed E-state index contributed by atoms with van der Waals surface area (Å²) in [6.45, 7) is 0. The van der Waals surface area contributed by atoms with Crippen LogP contribution in [-0.2, 0) is 0 Å². The maximum absolute atomic E-state index is 5.41. The first kappa shape index (κ1) is 36.4. The van der Waals surface area contributed by atoms with Gasteiger partial charge in [-0.05, 0) is 78.9 Å². The standard InChI is InChI=1S/C58H40N2/c1-7-21-41(22-8-1)42-35-37-45(38-36-42)54-40-53(44-25-11-3-12-26-44)59-58(60-54)50-34-20-19-33-49(50)52-39-51(43-23-9-2-10-24-43)55(46-27-13-4-14-28-46)57(48-31-17-6-18-32-48)56(52)47-29-15-5-16-30-47/h1-40H. The van der Waals surface area contributed by atoms with Crippen LogP contribution < -0.4 is 0 Å². The van der Waals surface area contributed by atoms with Crippen LogP contribution in [0.1, 0.15) is 0 Å². The van der Waals surface area contributed by atoms with Crippen molar-refractivity contribution in [2.24, 2.45) is 0 Å². The minimum atomic E-state index is 0.669. The second-order valence-electron chi connectivity index (χ2n) is 14.9. The molecule has 2 nitrogen and oxygen atoms in total. The molecular weight excluding hydrogens is 725 g/mol. The van der Waals surface area contributed by atoms with Crippen molar-refractivity contribution in [2.75, 3.05) is 0 Å². The molecule has 9 aromatic carbocycles. The first-order chi connectivity index (χ1) is 29.8. The summed E-state index contributed by atoms with van der Waals surface area (Å²) in [6, 6.07) is 86.0. The maximum Gasteiger partial charge on any atom is 0.161 e. The second kappa shape index (κ2) is 16.5. The van der Waals surface area contributed by atoms with Gasteiger partial charge < -0.3 is 0 Å². The highest BCUT2D eigenvalue weighted by Crippen LogP contribution is 2.51. The lowest BCUT2D eigenvalue weighted by atomic mass is 9.78. The molecule has 0 spiro atoms. The summed E-state index contributed by atoms with van der Waals surface area (Å²) in [5.74, 6) is 0.669. The van der Waals surface area contributed by atoms with Gasteiger partial charge in [0.25, 0.3) is 0 Å². The summed E-state index contributed by atoms with van der Waals surface area (Å²) in [5.41, 5.74) is 18.6. The van der Waals surface area contributed by atoms with Gasteiger partial charge in [0.1, 0.15) is 0 Å². The van der Waals surface area contributed by atoms with E-state index in [4.69, 9.17) is 9.97 Å². The molecule has 10 rings (SSSR count). The molecule has 60 heavy (non-hydrogen) atoms. The van der Waals surface area contributed by atoms with Gasteiger partial charge in [0, 0.05) is 16.7 Å². The smallest absolute Gasteiger partial charge is 0.161 e. The zero-order valence-corrected chi connectivity index (χ0v) is 33.0. The molecule has 0 fully saturated rings. The fourth-order valence-electron chi connectivity index (χ4n) is 8.29. The Labute approximate surface area is 351 Å². The van der Waals surface area contributed by atoms with E-state index in [0.29, 0.717) is 5.82 Å². The van der Waals surface area contributed by atoms with Crippen molar-refractivity contribution in [2.45, 2.75) is 0 Å². The Morgan fingerprint density at radius 1 is 0.200 bits per heavy atom. The van der Waals surface area contributed by atoms with Gasteiger partial charge in [0.15, 0.2) is 5.82 Å². The van der Waals surface area contributed by atoms with Gasteiger partial charge in [-0.25, -0.2) is 9.97 Å². The third-order valence-electron chi connectivity index (χ3n) is 11.1. The van der Waals surface area contributed by atoms with E-state index >= 15 is 0 Å². The Balaban J connectivity index is 1.26. The predicted octanol–water partition coefficient (Wildman–Crippen LogP) is 15.5. The van der Waals surface area contributed by atoms with Crippen LogP contribution in [0.3, 0.4) is 0 Å². The van der Waals surface area contributed by atoms with Crippen molar-refractivity contribution >= 4 is 0 Å².